The Hall–Kier alpha value is -2.11. The number of nitrogens with one attached hydrogen (secondary N) is 1. The highest BCUT2D eigenvalue weighted by atomic mass is 35.5. The van der Waals surface area contributed by atoms with Crippen molar-refractivity contribution in [1.29, 1.82) is 0 Å². The average Bonchev–Trinajstić information content (AvgIpc) is 3.09. The van der Waals surface area contributed by atoms with Crippen molar-refractivity contribution in [2.24, 2.45) is 0 Å². The number of nitrogens with zero attached hydrogens (tertiary/aromatic N) is 1. The third kappa shape index (κ3) is 3.30. The molecule has 1 aliphatic heterocycles. The summed E-state index contributed by atoms with van der Waals surface area (Å²) in [5.41, 5.74) is 1.31. The lowest BCUT2D eigenvalue weighted by atomic mass is 10.2. The van der Waals surface area contributed by atoms with E-state index in [1.165, 1.54) is 0 Å². The molecule has 0 bridgehead atoms. The molecule has 0 radical (unpaired) electrons. The highest BCUT2D eigenvalue weighted by Crippen LogP contribution is 2.26. The Morgan fingerprint density at radius 2 is 2.17 bits per heavy atom. The average molecular weight is 347 g/mol. The number of rotatable bonds is 4. The first-order chi connectivity index (χ1) is 11.1. The molecule has 4 nitrogen and oxygen atoms in total. The van der Waals surface area contributed by atoms with Gasteiger partial charge in [0, 0.05) is 23.2 Å². The second-order valence-electron chi connectivity index (χ2n) is 5.16. The largest absolute Gasteiger partial charge is 0.457 e. The maximum Gasteiger partial charge on any atom is 0.276 e. The summed E-state index contributed by atoms with van der Waals surface area (Å²) in [4.78, 5) is 13.8. The van der Waals surface area contributed by atoms with Gasteiger partial charge in [-0.2, -0.15) is 0 Å². The predicted octanol–water partition coefficient (Wildman–Crippen LogP) is 4.07. The van der Waals surface area contributed by atoms with E-state index in [2.05, 4.69) is 5.32 Å². The Morgan fingerprint density at radius 1 is 1.35 bits per heavy atom. The first kappa shape index (κ1) is 15.8. The lowest BCUT2D eigenvalue weighted by Crippen LogP contribution is -2.31. The molecule has 1 saturated heterocycles. The van der Waals surface area contributed by atoms with Crippen molar-refractivity contribution in [3.05, 3.63) is 52.9 Å². The lowest BCUT2D eigenvalue weighted by Gasteiger charge is -2.11. The molecule has 118 valence electrons. The fourth-order valence-corrected chi connectivity index (χ4v) is 2.84. The maximum atomic E-state index is 12.3. The quantitative estimate of drug-likeness (QED) is 0.669. The van der Waals surface area contributed by atoms with Gasteiger partial charge in [-0.3, -0.25) is 9.69 Å². The minimum Gasteiger partial charge on any atom is -0.457 e. The zero-order chi connectivity index (χ0) is 16.4. The van der Waals surface area contributed by atoms with Crippen molar-refractivity contribution < 1.29 is 9.21 Å². The van der Waals surface area contributed by atoms with Crippen LogP contribution in [0.15, 0.2) is 46.5 Å². The Morgan fingerprint density at radius 3 is 2.91 bits per heavy atom. The van der Waals surface area contributed by atoms with Gasteiger partial charge in [-0.05, 0) is 42.9 Å². The van der Waals surface area contributed by atoms with Crippen molar-refractivity contribution in [3.63, 3.8) is 0 Å². The van der Waals surface area contributed by atoms with Gasteiger partial charge in [-0.1, -0.05) is 30.7 Å². The van der Waals surface area contributed by atoms with Crippen LogP contribution in [0.5, 0.6) is 0 Å². The van der Waals surface area contributed by atoms with Gasteiger partial charge >= 0.3 is 0 Å². The van der Waals surface area contributed by atoms with Gasteiger partial charge in [0.15, 0.2) is 5.11 Å². The van der Waals surface area contributed by atoms with Crippen LogP contribution in [0.4, 0.5) is 0 Å². The standard InChI is InChI=1S/C17H15ClN2O2S/c1-2-8-20-16(21)14(19-17(20)23)10-13-6-7-15(22-13)11-4-3-5-12(18)9-11/h3-7,9-10H,2,8H2,1H3,(H,19,23)/b14-10-. The Labute approximate surface area is 144 Å². The SMILES string of the molecule is CCCN1C(=O)/C(=C/c2ccc(-c3cccc(Cl)c3)o2)NC1=S. The Kier molecular flexibility index (Phi) is 4.50. The van der Waals surface area contributed by atoms with Gasteiger partial charge in [0.25, 0.3) is 5.91 Å². The van der Waals surface area contributed by atoms with Crippen LogP contribution in [0.25, 0.3) is 17.4 Å². The van der Waals surface area contributed by atoms with Crippen LogP contribution in [0.1, 0.15) is 19.1 Å². The van der Waals surface area contributed by atoms with Crippen molar-refractivity contribution in [3.8, 4) is 11.3 Å². The second kappa shape index (κ2) is 6.56. The first-order valence-electron chi connectivity index (χ1n) is 7.29. The number of furan rings is 1. The molecule has 0 saturated carbocycles. The van der Waals surface area contributed by atoms with Crippen LogP contribution in [0, 0.1) is 0 Å². The number of hydrogen-bond acceptors (Lipinski definition) is 3. The number of halogens is 1. The molecule has 0 aliphatic carbocycles. The summed E-state index contributed by atoms with van der Waals surface area (Å²) in [6.07, 6.45) is 2.51. The van der Waals surface area contributed by atoms with Gasteiger partial charge in [0.05, 0.1) is 0 Å². The van der Waals surface area contributed by atoms with Crippen LogP contribution in [0.3, 0.4) is 0 Å². The lowest BCUT2D eigenvalue weighted by molar-refractivity contribution is -0.122. The molecular weight excluding hydrogens is 332 g/mol. The van der Waals surface area contributed by atoms with E-state index in [-0.39, 0.29) is 5.91 Å². The first-order valence-corrected chi connectivity index (χ1v) is 8.07. The van der Waals surface area contributed by atoms with Crippen LogP contribution in [-0.2, 0) is 4.79 Å². The van der Waals surface area contributed by atoms with E-state index in [0.717, 1.165) is 12.0 Å². The monoisotopic (exact) mass is 346 g/mol. The molecular formula is C17H15ClN2O2S. The van der Waals surface area contributed by atoms with Gasteiger partial charge in [0.2, 0.25) is 0 Å². The van der Waals surface area contributed by atoms with Gasteiger partial charge in [-0.15, -0.1) is 0 Å². The van der Waals surface area contributed by atoms with E-state index in [0.29, 0.717) is 33.9 Å². The molecule has 2 heterocycles. The van der Waals surface area contributed by atoms with Crippen LogP contribution >= 0.6 is 23.8 Å². The minimum atomic E-state index is -0.127. The van der Waals surface area contributed by atoms with E-state index in [1.54, 1.807) is 17.0 Å². The molecule has 0 atom stereocenters. The summed E-state index contributed by atoms with van der Waals surface area (Å²) >= 11 is 11.2. The molecule has 6 heteroatoms. The molecule has 23 heavy (non-hydrogen) atoms. The highest BCUT2D eigenvalue weighted by molar-refractivity contribution is 7.80. The zero-order valence-corrected chi connectivity index (χ0v) is 14.1. The van der Waals surface area contributed by atoms with Gasteiger partial charge in [0.1, 0.15) is 17.2 Å². The molecule has 1 N–H and O–H groups in total. The fourth-order valence-electron chi connectivity index (χ4n) is 2.37. The number of carbonyl (C=O) groups excluding carboxylic acids is 1. The summed E-state index contributed by atoms with van der Waals surface area (Å²) in [6, 6.07) is 11.1. The van der Waals surface area contributed by atoms with E-state index >= 15 is 0 Å². The summed E-state index contributed by atoms with van der Waals surface area (Å²) in [5, 5.41) is 4.01. The Balaban J connectivity index is 1.84. The second-order valence-corrected chi connectivity index (χ2v) is 5.98. The van der Waals surface area contributed by atoms with Crippen molar-refractivity contribution >= 4 is 40.9 Å². The number of hydrogen-bond donors (Lipinski definition) is 1. The van der Waals surface area contributed by atoms with E-state index in [1.807, 2.05) is 37.3 Å². The minimum absolute atomic E-state index is 0.127. The number of benzene rings is 1. The molecule has 3 rings (SSSR count). The zero-order valence-electron chi connectivity index (χ0n) is 12.5. The topological polar surface area (TPSA) is 45.5 Å². The van der Waals surface area contributed by atoms with Crippen LogP contribution in [0.2, 0.25) is 5.02 Å². The smallest absolute Gasteiger partial charge is 0.276 e. The van der Waals surface area contributed by atoms with Crippen molar-refractivity contribution in [2.75, 3.05) is 6.54 Å². The number of amides is 1. The Bertz CT molecular complexity index is 797. The van der Waals surface area contributed by atoms with E-state index in [9.17, 15) is 4.79 Å². The molecule has 0 spiro atoms. The van der Waals surface area contributed by atoms with Gasteiger partial charge < -0.3 is 9.73 Å². The maximum absolute atomic E-state index is 12.3. The molecule has 1 fully saturated rings. The molecule has 0 unspecified atom stereocenters. The van der Waals surface area contributed by atoms with Crippen LogP contribution in [-0.4, -0.2) is 22.5 Å². The van der Waals surface area contributed by atoms with E-state index in [4.69, 9.17) is 28.2 Å². The molecule has 1 amide bonds. The molecule has 1 aromatic heterocycles. The number of carbonyl (C=O) groups is 1. The summed E-state index contributed by atoms with van der Waals surface area (Å²) in [5.74, 6) is 1.15. The molecule has 1 aliphatic rings. The normalized spacial score (nSPS) is 16.3. The fraction of sp³-hybridized carbons (Fsp3) is 0.176. The number of thiocarbonyl (C=S) groups is 1. The third-order valence-electron chi connectivity index (χ3n) is 3.43. The third-order valence-corrected chi connectivity index (χ3v) is 3.99. The van der Waals surface area contributed by atoms with Crippen LogP contribution < -0.4 is 5.32 Å². The highest BCUT2D eigenvalue weighted by Gasteiger charge is 2.29. The predicted molar refractivity (Wildman–Crippen MR) is 94.9 cm³/mol. The summed E-state index contributed by atoms with van der Waals surface area (Å²) in [6.45, 7) is 2.61. The van der Waals surface area contributed by atoms with Crippen molar-refractivity contribution in [2.45, 2.75) is 13.3 Å². The summed E-state index contributed by atoms with van der Waals surface area (Å²) < 4.78 is 5.78. The molecule has 1 aromatic carbocycles. The molecule has 2 aromatic rings. The van der Waals surface area contributed by atoms with Gasteiger partial charge in [-0.25, -0.2) is 0 Å². The van der Waals surface area contributed by atoms with Crippen molar-refractivity contribution in [1.82, 2.24) is 10.2 Å². The van der Waals surface area contributed by atoms with E-state index < -0.39 is 0 Å². The summed E-state index contributed by atoms with van der Waals surface area (Å²) in [7, 11) is 0.